The van der Waals surface area contributed by atoms with Crippen molar-refractivity contribution in [3.8, 4) is 0 Å². The maximum atomic E-state index is 13.4. The Bertz CT molecular complexity index is 673. The minimum atomic E-state index is -0.292. The lowest BCUT2D eigenvalue weighted by Gasteiger charge is -2.19. The van der Waals surface area contributed by atoms with Crippen LogP contribution in [0.15, 0.2) is 18.2 Å². The average Bonchev–Trinajstić information content (AvgIpc) is 3.07. The number of amides is 1. The molecule has 1 aromatic heterocycles. The van der Waals surface area contributed by atoms with Crippen LogP contribution in [-0.4, -0.2) is 30.0 Å². The van der Waals surface area contributed by atoms with Gasteiger partial charge in [-0.15, -0.1) is 0 Å². The zero-order valence-corrected chi connectivity index (χ0v) is 12.3. The molecule has 0 radical (unpaired) electrons. The van der Waals surface area contributed by atoms with Gasteiger partial charge in [-0.2, -0.15) is 0 Å². The Morgan fingerprint density at radius 1 is 1.43 bits per heavy atom. The summed E-state index contributed by atoms with van der Waals surface area (Å²) in [6.45, 7) is 5.82. The van der Waals surface area contributed by atoms with Gasteiger partial charge in [0.15, 0.2) is 0 Å². The molecule has 1 aromatic carbocycles. The topological polar surface area (TPSA) is 56.9 Å². The molecule has 2 atom stereocenters. The SMILES string of the molecule is Cc1cc(F)cc2[nH]c(C(=O)NC(C)C3CCNC3)cc12. The van der Waals surface area contributed by atoms with Crippen LogP contribution in [0.4, 0.5) is 4.39 Å². The number of H-pyrrole nitrogens is 1. The molecule has 1 aliphatic heterocycles. The summed E-state index contributed by atoms with van der Waals surface area (Å²) in [6.07, 6.45) is 1.08. The molecule has 1 amide bonds. The molecule has 3 N–H and O–H groups in total. The van der Waals surface area contributed by atoms with E-state index in [0.29, 0.717) is 17.1 Å². The third kappa shape index (κ3) is 2.78. The minimum absolute atomic E-state index is 0.122. The van der Waals surface area contributed by atoms with Gasteiger partial charge in [-0.1, -0.05) is 0 Å². The van der Waals surface area contributed by atoms with Crippen LogP contribution < -0.4 is 10.6 Å². The molecule has 0 aliphatic carbocycles. The largest absolute Gasteiger partial charge is 0.350 e. The molecule has 1 aliphatic rings. The smallest absolute Gasteiger partial charge is 0.267 e. The van der Waals surface area contributed by atoms with E-state index >= 15 is 0 Å². The predicted molar refractivity (Wildman–Crippen MR) is 80.9 cm³/mol. The zero-order valence-electron chi connectivity index (χ0n) is 12.3. The number of rotatable bonds is 3. The lowest BCUT2D eigenvalue weighted by Crippen LogP contribution is -2.39. The number of aromatic amines is 1. The zero-order chi connectivity index (χ0) is 15.0. The number of nitrogens with one attached hydrogen (secondary N) is 3. The van der Waals surface area contributed by atoms with Crippen LogP contribution in [0.5, 0.6) is 0 Å². The fourth-order valence-electron chi connectivity index (χ4n) is 3.00. The quantitative estimate of drug-likeness (QED) is 0.812. The maximum Gasteiger partial charge on any atom is 0.267 e. The van der Waals surface area contributed by atoms with Crippen LogP contribution in [0, 0.1) is 18.7 Å². The molecule has 4 nitrogen and oxygen atoms in total. The van der Waals surface area contributed by atoms with Crippen LogP contribution in [0.25, 0.3) is 10.9 Å². The summed E-state index contributed by atoms with van der Waals surface area (Å²) in [5, 5.41) is 7.22. The minimum Gasteiger partial charge on any atom is -0.350 e. The Morgan fingerprint density at radius 2 is 2.24 bits per heavy atom. The molecule has 112 valence electrons. The number of aryl methyl sites for hydroxylation is 1. The monoisotopic (exact) mass is 289 g/mol. The van der Waals surface area contributed by atoms with Gasteiger partial charge in [0, 0.05) is 16.9 Å². The van der Waals surface area contributed by atoms with Crippen molar-refractivity contribution in [2.24, 2.45) is 5.92 Å². The van der Waals surface area contributed by atoms with E-state index in [1.165, 1.54) is 12.1 Å². The molecular weight excluding hydrogens is 269 g/mol. The Kier molecular flexibility index (Phi) is 3.68. The van der Waals surface area contributed by atoms with Gasteiger partial charge in [-0.3, -0.25) is 4.79 Å². The van der Waals surface area contributed by atoms with Gasteiger partial charge in [0.25, 0.3) is 5.91 Å². The van der Waals surface area contributed by atoms with Gasteiger partial charge < -0.3 is 15.6 Å². The highest BCUT2D eigenvalue weighted by atomic mass is 19.1. The molecule has 2 unspecified atom stereocenters. The third-order valence-corrected chi connectivity index (χ3v) is 4.32. The van der Waals surface area contributed by atoms with Crippen LogP contribution in [0.3, 0.4) is 0 Å². The first-order chi connectivity index (χ1) is 10.0. The van der Waals surface area contributed by atoms with Crippen molar-refractivity contribution >= 4 is 16.8 Å². The van der Waals surface area contributed by atoms with Crippen molar-refractivity contribution in [2.75, 3.05) is 13.1 Å². The first-order valence-electron chi connectivity index (χ1n) is 7.35. The number of benzene rings is 1. The van der Waals surface area contributed by atoms with Crippen LogP contribution in [-0.2, 0) is 0 Å². The van der Waals surface area contributed by atoms with Gasteiger partial charge in [0.05, 0.1) is 0 Å². The maximum absolute atomic E-state index is 13.4. The summed E-state index contributed by atoms with van der Waals surface area (Å²) in [4.78, 5) is 15.3. The van der Waals surface area contributed by atoms with Gasteiger partial charge in [-0.25, -0.2) is 4.39 Å². The number of hydrogen-bond donors (Lipinski definition) is 3. The van der Waals surface area contributed by atoms with Gasteiger partial charge in [0.2, 0.25) is 0 Å². The molecule has 3 rings (SSSR count). The van der Waals surface area contributed by atoms with Crippen LogP contribution in [0.1, 0.15) is 29.4 Å². The molecule has 1 saturated heterocycles. The summed E-state index contributed by atoms with van der Waals surface area (Å²) in [5.41, 5.74) is 1.97. The summed E-state index contributed by atoms with van der Waals surface area (Å²) < 4.78 is 13.4. The summed E-state index contributed by atoms with van der Waals surface area (Å²) in [7, 11) is 0. The number of carbonyl (C=O) groups is 1. The molecule has 2 heterocycles. The second-order valence-electron chi connectivity index (χ2n) is 5.88. The highest BCUT2D eigenvalue weighted by Crippen LogP contribution is 2.21. The highest BCUT2D eigenvalue weighted by Gasteiger charge is 2.23. The van der Waals surface area contributed by atoms with Crippen LogP contribution >= 0.6 is 0 Å². The van der Waals surface area contributed by atoms with Crippen molar-refractivity contribution in [2.45, 2.75) is 26.3 Å². The lowest BCUT2D eigenvalue weighted by atomic mass is 10.0. The lowest BCUT2D eigenvalue weighted by molar-refractivity contribution is 0.0924. The highest BCUT2D eigenvalue weighted by molar-refractivity contribution is 5.98. The molecule has 1 fully saturated rings. The van der Waals surface area contributed by atoms with E-state index in [1.54, 1.807) is 6.07 Å². The molecule has 0 saturated carbocycles. The van der Waals surface area contributed by atoms with Crippen molar-refractivity contribution in [3.63, 3.8) is 0 Å². The van der Waals surface area contributed by atoms with E-state index in [1.807, 2.05) is 13.8 Å². The molecule has 2 aromatic rings. The molecule has 0 spiro atoms. The van der Waals surface area contributed by atoms with Crippen molar-refractivity contribution in [3.05, 3.63) is 35.3 Å². The Labute approximate surface area is 123 Å². The molecule has 21 heavy (non-hydrogen) atoms. The van der Waals surface area contributed by atoms with Crippen molar-refractivity contribution in [1.29, 1.82) is 0 Å². The van der Waals surface area contributed by atoms with E-state index in [9.17, 15) is 9.18 Å². The second-order valence-corrected chi connectivity index (χ2v) is 5.88. The van der Waals surface area contributed by atoms with E-state index in [2.05, 4.69) is 15.6 Å². The number of carbonyl (C=O) groups excluding carboxylic acids is 1. The van der Waals surface area contributed by atoms with Gasteiger partial charge in [-0.05, 0) is 63.0 Å². The Balaban J connectivity index is 1.79. The fourth-order valence-corrected chi connectivity index (χ4v) is 3.00. The third-order valence-electron chi connectivity index (χ3n) is 4.32. The number of hydrogen-bond acceptors (Lipinski definition) is 2. The molecular formula is C16H20FN3O. The summed E-state index contributed by atoms with van der Waals surface area (Å²) in [6, 6.07) is 4.81. The summed E-state index contributed by atoms with van der Waals surface area (Å²) >= 11 is 0. The molecule has 5 heteroatoms. The van der Waals surface area contributed by atoms with Gasteiger partial charge in [0.1, 0.15) is 11.5 Å². The van der Waals surface area contributed by atoms with E-state index in [-0.39, 0.29) is 17.8 Å². The van der Waals surface area contributed by atoms with Crippen LogP contribution in [0.2, 0.25) is 0 Å². The number of fused-ring (bicyclic) bond motifs is 1. The first-order valence-corrected chi connectivity index (χ1v) is 7.35. The van der Waals surface area contributed by atoms with Gasteiger partial charge >= 0.3 is 0 Å². The summed E-state index contributed by atoms with van der Waals surface area (Å²) in [5.74, 6) is 0.0436. The number of halogens is 1. The Hall–Kier alpha value is -1.88. The van der Waals surface area contributed by atoms with Crippen molar-refractivity contribution < 1.29 is 9.18 Å². The normalized spacial score (nSPS) is 19.9. The molecule has 0 bridgehead atoms. The second kappa shape index (κ2) is 5.48. The first kappa shape index (κ1) is 14.1. The van der Waals surface area contributed by atoms with E-state index in [4.69, 9.17) is 0 Å². The van der Waals surface area contributed by atoms with Crippen molar-refractivity contribution in [1.82, 2.24) is 15.6 Å². The fraction of sp³-hybridized carbons (Fsp3) is 0.438. The van der Waals surface area contributed by atoms with E-state index < -0.39 is 0 Å². The average molecular weight is 289 g/mol. The standard InChI is InChI=1S/C16H20FN3O/c1-9-5-12(17)6-14-13(9)7-15(20-14)16(21)19-10(2)11-3-4-18-8-11/h5-7,10-11,18,20H,3-4,8H2,1-2H3,(H,19,21). The Morgan fingerprint density at radius 3 is 2.95 bits per heavy atom. The predicted octanol–water partition coefficient (Wildman–Crippen LogP) is 2.34. The number of aromatic nitrogens is 1. The van der Waals surface area contributed by atoms with E-state index in [0.717, 1.165) is 30.5 Å².